The molecule has 192 valence electrons. The van der Waals surface area contributed by atoms with Crippen molar-refractivity contribution >= 4 is 23.5 Å². The zero-order chi connectivity index (χ0) is 26.3. The topological polar surface area (TPSA) is 131 Å². The third-order valence-corrected chi connectivity index (χ3v) is 6.10. The van der Waals surface area contributed by atoms with Crippen LogP contribution in [0, 0.1) is 5.41 Å². The van der Waals surface area contributed by atoms with E-state index in [2.05, 4.69) is 20.4 Å². The van der Waals surface area contributed by atoms with Crippen molar-refractivity contribution in [1.82, 2.24) is 24.5 Å². The Bertz CT molecular complexity index is 1300. The van der Waals surface area contributed by atoms with Crippen LogP contribution in [-0.4, -0.2) is 73.5 Å². The van der Waals surface area contributed by atoms with Gasteiger partial charge in [-0.2, -0.15) is 9.61 Å². The van der Waals surface area contributed by atoms with Gasteiger partial charge < -0.3 is 24.8 Å². The first-order chi connectivity index (χ1) is 16.9. The van der Waals surface area contributed by atoms with Gasteiger partial charge in [-0.1, -0.05) is 19.9 Å². The van der Waals surface area contributed by atoms with Crippen molar-refractivity contribution in [2.45, 2.75) is 52.7 Å². The Balaban J connectivity index is 1.66. The number of anilines is 1. The minimum absolute atomic E-state index is 0.00104. The molecule has 0 bridgehead atoms. The molecule has 0 aliphatic carbocycles. The number of carboxylic acids is 1. The lowest BCUT2D eigenvalue weighted by atomic mass is 9.79. The van der Waals surface area contributed by atoms with E-state index in [0.29, 0.717) is 48.2 Å². The molecule has 0 saturated carbocycles. The molecule has 0 radical (unpaired) electrons. The minimum Gasteiger partial charge on any atom is -0.481 e. The molecule has 1 aliphatic rings. The maximum Gasteiger partial charge on any atom is 0.410 e. The Labute approximate surface area is 209 Å². The van der Waals surface area contributed by atoms with Crippen molar-refractivity contribution in [2.75, 3.05) is 25.5 Å². The predicted octanol–water partition coefficient (Wildman–Crippen LogP) is 3.95. The summed E-state index contributed by atoms with van der Waals surface area (Å²) in [6.07, 6.45) is 1.57. The molecule has 3 aromatic rings. The largest absolute Gasteiger partial charge is 0.481 e. The molecule has 2 N–H and O–H groups in total. The number of ether oxygens (including phenoxy) is 2. The number of rotatable bonds is 5. The first-order valence-electron chi connectivity index (χ1n) is 11.8. The van der Waals surface area contributed by atoms with Gasteiger partial charge >= 0.3 is 12.1 Å². The van der Waals surface area contributed by atoms with Gasteiger partial charge in [-0.05, 0) is 33.3 Å². The van der Waals surface area contributed by atoms with Crippen molar-refractivity contribution in [1.29, 1.82) is 0 Å². The van der Waals surface area contributed by atoms with Crippen LogP contribution in [-0.2, 0) is 4.74 Å². The fraction of sp³-hybridized carbons (Fsp3) is 0.480. The van der Waals surface area contributed by atoms with Crippen molar-refractivity contribution in [2.24, 2.45) is 5.41 Å². The smallest absolute Gasteiger partial charge is 0.410 e. The fourth-order valence-corrected chi connectivity index (χ4v) is 4.30. The number of carboxylic acid groups (broad SMARTS) is 1. The SMILES string of the molecule is COc1cccc(-c2cc3ncc(C(=O)O)c(N[C@@H]4CCN(C(=O)OC(C)(C)C)CC4(C)C)n3n2)n1. The number of piperidine rings is 1. The number of aromatic nitrogens is 4. The summed E-state index contributed by atoms with van der Waals surface area (Å²) >= 11 is 0. The summed E-state index contributed by atoms with van der Waals surface area (Å²) in [5.74, 6) is -0.349. The normalized spacial score (nSPS) is 17.6. The summed E-state index contributed by atoms with van der Waals surface area (Å²) in [6, 6.07) is 6.95. The molecule has 0 spiro atoms. The van der Waals surface area contributed by atoms with Gasteiger partial charge in [-0.15, -0.1) is 0 Å². The molecule has 0 unspecified atom stereocenters. The maximum atomic E-state index is 12.6. The maximum absolute atomic E-state index is 12.6. The van der Waals surface area contributed by atoms with Crippen molar-refractivity contribution in [3.05, 3.63) is 36.0 Å². The van der Waals surface area contributed by atoms with Gasteiger partial charge in [0, 0.05) is 42.9 Å². The standard InChI is InChI=1S/C25H32N6O5/c1-24(2,3)36-23(34)30-11-10-18(25(4,5)14-30)28-21-15(22(32)33)13-26-19-12-17(29-31(19)21)16-8-7-9-20(27-16)35-6/h7-9,12-13,18,28H,10-11,14H2,1-6H3,(H,32,33)/t18-/m1/s1. The molecule has 3 aromatic heterocycles. The van der Waals surface area contributed by atoms with Crippen LogP contribution in [0.3, 0.4) is 0 Å². The summed E-state index contributed by atoms with van der Waals surface area (Å²) in [5.41, 5.74) is 0.627. The number of aromatic carboxylic acids is 1. The van der Waals surface area contributed by atoms with E-state index in [0.717, 1.165) is 0 Å². The Morgan fingerprint density at radius 1 is 1.22 bits per heavy atom. The zero-order valence-corrected chi connectivity index (χ0v) is 21.4. The lowest BCUT2D eigenvalue weighted by Crippen LogP contribution is -2.54. The van der Waals surface area contributed by atoms with Crippen molar-refractivity contribution < 1.29 is 24.2 Å². The van der Waals surface area contributed by atoms with Crippen LogP contribution in [0.1, 0.15) is 51.4 Å². The van der Waals surface area contributed by atoms with E-state index in [9.17, 15) is 14.7 Å². The third kappa shape index (κ3) is 5.19. The Hall–Kier alpha value is -3.89. The summed E-state index contributed by atoms with van der Waals surface area (Å²) < 4.78 is 12.3. The Kier molecular flexibility index (Phi) is 6.50. The molecule has 11 nitrogen and oxygen atoms in total. The Morgan fingerprint density at radius 3 is 2.61 bits per heavy atom. The highest BCUT2D eigenvalue weighted by Gasteiger charge is 2.40. The van der Waals surface area contributed by atoms with Gasteiger partial charge in [0.25, 0.3) is 0 Å². The van der Waals surface area contributed by atoms with Crippen LogP contribution >= 0.6 is 0 Å². The number of nitrogens with one attached hydrogen (secondary N) is 1. The second-order valence-corrected chi connectivity index (χ2v) is 10.6. The van der Waals surface area contributed by atoms with Crippen LogP contribution in [0.25, 0.3) is 17.0 Å². The predicted molar refractivity (Wildman–Crippen MR) is 133 cm³/mol. The highest BCUT2D eigenvalue weighted by Crippen LogP contribution is 2.34. The number of carbonyl (C=O) groups is 2. The van der Waals surface area contributed by atoms with Crippen LogP contribution in [0.4, 0.5) is 10.6 Å². The average molecular weight is 497 g/mol. The molecule has 11 heteroatoms. The number of hydrogen-bond donors (Lipinski definition) is 2. The molecule has 1 saturated heterocycles. The number of carbonyl (C=O) groups excluding carboxylic acids is 1. The van der Waals surface area contributed by atoms with Gasteiger partial charge in [0.05, 0.1) is 12.8 Å². The van der Waals surface area contributed by atoms with Crippen LogP contribution in [0.2, 0.25) is 0 Å². The zero-order valence-electron chi connectivity index (χ0n) is 21.4. The second kappa shape index (κ2) is 9.29. The molecule has 1 atom stereocenters. The van der Waals surface area contributed by atoms with E-state index < -0.39 is 11.6 Å². The number of pyridine rings is 1. The molecular weight excluding hydrogens is 464 g/mol. The first-order valence-corrected chi connectivity index (χ1v) is 11.8. The van der Waals surface area contributed by atoms with Crippen LogP contribution in [0.15, 0.2) is 30.5 Å². The number of nitrogens with zero attached hydrogens (tertiary/aromatic N) is 5. The average Bonchev–Trinajstić information content (AvgIpc) is 3.24. The summed E-state index contributed by atoms with van der Waals surface area (Å²) in [5, 5.41) is 17.9. The number of amides is 1. The fourth-order valence-electron chi connectivity index (χ4n) is 4.30. The van der Waals surface area contributed by atoms with Gasteiger partial charge in [-0.25, -0.2) is 19.6 Å². The number of fused-ring (bicyclic) bond motifs is 1. The highest BCUT2D eigenvalue weighted by molar-refractivity contribution is 5.93. The van der Waals surface area contributed by atoms with Gasteiger partial charge in [0.1, 0.15) is 22.7 Å². The molecule has 1 amide bonds. The third-order valence-electron chi connectivity index (χ3n) is 6.10. The molecule has 4 heterocycles. The second-order valence-electron chi connectivity index (χ2n) is 10.6. The molecular formula is C25H32N6O5. The quantitative estimate of drug-likeness (QED) is 0.539. The molecule has 36 heavy (non-hydrogen) atoms. The molecule has 0 aromatic carbocycles. The number of hydrogen-bond acceptors (Lipinski definition) is 8. The van der Waals surface area contributed by atoms with Gasteiger partial charge in [0.2, 0.25) is 5.88 Å². The lowest BCUT2D eigenvalue weighted by Gasteiger charge is -2.44. The molecule has 4 rings (SSSR count). The highest BCUT2D eigenvalue weighted by atomic mass is 16.6. The van der Waals surface area contributed by atoms with E-state index in [-0.39, 0.29) is 23.1 Å². The summed E-state index contributed by atoms with van der Waals surface area (Å²) in [7, 11) is 1.54. The summed E-state index contributed by atoms with van der Waals surface area (Å²) in [4.78, 5) is 35.1. The van der Waals surface area contributed by atoms with Crippen LogP contribution in [0.5, 0.6) is 5.88 Å². The first kappa shape index (κ1) is 25.2. The molecule has 1 aliphatic heterocycles. The Morgan fingerprint density at radius 2 is 1.97 bits per heavy atom. The minimum atomic E-state index is -1.12. The van der Waals surface area contributed by atoms with E-state index in [1.807, 2.05) is 34.6 Å². The summed E-state index contributed by atoms with van der Waals surface area (Å²) in [6.45, 7) is 10.5. The van der Waals surface area contributed by atoms with Gasteiger partial charge in [0.15, 0.2) is 5.65 Å². The van der Waals surface area contributed by atoms with E-state index in [4.69, 9.17) is 9.47 Å². The lowest BCUT2D eigenvalue weighted by molar-refractivity contribution is 0.00688. The van der Waals surface area contributed by atoms with E-state index in [1.165, 1.54) is 17.8 Å². The van der Waals surface area contributed by atoms with E-state index >= 15 is 0 Å². The number of methoxy groups -OCH3 is 1. The van der Waals surface area contributed by atoms with Crippen molar-refractivity contribution in [3.8, 4) is 17.3 Å². The number of likely N-dealkylation sites (tertiary alicyclic amines) is 1. The van der Waals surface area contributed by atoms with E-state index in [1.54, 1.807) is 29.2 Å². The molecule has 1 fully saturated rings. The van der Waals surface area contributed by atoms with Crippen molar-refractivity contribution in [3.63, 3.8) is 0 Å². The van der Waals surface area contributed by atoms with Crippen LogP contribution < -0.4 is 10.1 Å². The monoisotopic (exact) mass is 496 g/mol. The van der Waals surface area contributed by atoms with Gasteiger partial charge in [-0.3, -0.25) is 0 Å².